The van der Waals surface area contributed by atoms with Crippen LogP contribution in [0.2, 0.25) is 10.0 Å². The van der Waals surface area contributed by atoms with E-state index >= 15 is 0 Å². The fourth-order valence-electron chi connectivity index (χ4n) is 4.01. The van der Waals surface area contributed by atoms with E-state index in [0.29, 0.717) is 28.5 Å². The molecule has 3 rings (SSSR count). The number of alkyl halides is 3. The van der Waals surface area contributed by atoms with Gasteiger partial charge in [0, 0.05) is 15.7 Å². The van der Waals surface area contributed by atoms with E-state index in [1.165, 1.54) is 12.1 Å². The van der Waals surface area contributed by atoms with E-state index in [4.69, 9.17) is 27.9 Å². The first kappa shape index (κ1) is 22.8. The van der Waals surface area contributed by atoms with Gasteiger partial charge in [0.2, 0.25) is 5.91 Å². The molecule has 0 radical (unpaired) electrons. The zero-order valence-corrected chi connectivity index (χ0v) is 17.9. The molecule has 0 atom stereocenters. The molecule has 1 saturated carbocycles. The van der Waals surface area contributed by atoms with Crippen LogP contribution < -0.4 is 10.1 Å². The minimum atomic E-state index is -4.60. The van der Waals surface area contributed by atoms with Crippen molar-refractivity contribution >= 4 is 34.8 Å². The zero-order valence-electron chi connectivity index (χ0n) is 16.4. The third-order valence-electron chi connectivity index (χ3n) is 5.43. The molecular weight excluding hydrogens is 438 g/mol. The van der Waals surface area contributed by atoms with Gasteiger partial charge in [-0.25, -0.2) is 0 Å². The van der Waals surface area contributed by atoms with Crippen LogP contribution in [0.15, 0.2) is 36.4 Å². The number of benzene rings is 2. The third kappa shape index (κ3) is 4.70. The van der Waals surface area contributed by atoms with Gasteiger partial charge in [-0.1, -0.05) is 48.5 Å². The summed E-state index contributed by atoms with van der Waals surface area (Å²) in [6, 6.07) is 8.53. The number of hydrogen-bond donors (Lipinski definition) is 1. The summed E-state index contributed by atoms with van der Waals surface area (Å²) in [5.41, 5.74) is -1.14. The Morgan fingerprint density at radius 2 is 1.80 bits per heavy atom. The van der Waals surface area contributed by atoms with Crippen LogP contribution in [0.1, 0.15) is 50.2 Å². The topological polar surface area (TPSA) is 38.3 Å². The molecule has 0 unspecified atom stereocenters. The van der Waals surface area contributed by atoms with Gasteiger partial charge >= 0.3 is 6.18 Å². The summed E-state index contributed by atoms with van der Waals surface area (Å²) in [7, 11) is 0. The number of carbonyl (C=O) groups excluding carboxylic acids is 1. The molecular formula is C22H22Cl2F3NO2. The van der Waals surface area contributed by atoms with Crippen LogP contribution in [0.4, 0.5) is 18.9 Å². The standard InChI is InChI=1S/C22H22Cl2F3NO2/c1-2-30-19-9-7-15(13-17(19)22(25,26)27)28-20(29)21(10-4-3-5-11-21)16-8-6-14(23)12-18(16)24/h6-9,12-13H,2-5,10-11H2,1H3,(H,28,29). The second-order valence-electron chi connectivity index (χ2n) is 7.36. The predicted molar refractivity (Wildman–Crippen MR) is 112 cm³/mol. The monoisotopic (exact) mass is 459 g/mol. The SMILES string of the molecule is CCOc1ccc(NC(=O)C2(c3ccc(Cl)cc3Cl)CCCCC2)cc1C(F)(F)F. The average Bonchev–Trinajstić information content (AvgIpc) is 2.69. The van der Waals surface area contributed by atoms with Crippen molar-refractivity contribution in [2.75, 3.05) is 11.9 Å². The highest BCUT2D eigenvalue weighted by molar-refractivity contribution is 6.35. The van der Waals surface area contributed by atoms with E-state index in [1.54, 1.807) is 25.1 Å². The van der Waals surface area contributed by atoms with Crippen molar-refractivity contribution in [2.45, 2.75) is 50.6 Å². The summed E-state index contributed by atoms with van der Waals surface area (Å²) < 4.78 is 45.4. The van der Waals surface area contributed by atoms with Crippen molar-refractivity contribution < 1.29 is 22.7 Å². The summed E-state index contributed by atoms with van der Waals surface area (Å²) >= 11 is 12.4. The quantitative estimate of drug-likeness (QED) is 0.510. The Morgan fingerprint density at radius 1 is 1.10 bits per heavy atom. The maximum absolute atomic E-state index is 13.5. The van der Waals surface area contributed by atoms with Crippen LogP contribution >= 0.6 is 23.2 Å². The first-order valence-corrected chi connectivity index (χ1v) is 10.5. The van der Waals surface area contributed by atoms with E-state index < -0.39 is 17.2 Å². The van der Waals surface area contributed by atoms with Gasteiger partial charge in [0.25, 0.3) is 0 Å². The Balaban J connectivity index is 1.97. The number of amides is 1. The van der Waals surface area contributed by atoms with Crippen LogP contribution in [-0.4, -0.2) is 12.5 Å². The molecule has 3 nitrogen and oxygen atoms in total. The molecule has 1 aliphatic rings. The molecule has 1 amide bonds. The van der Waals surface area contributed by atoms with Crippen molar-refractivity contribution in [3.05, 3.63) is 57.6 Å². The lowest BCUT2D eigenvalue weighted by Gasteiger charge is -2.37. The average molecular weight is 460 g/mol. The lowest BCUT2D eigenvalue weighted by molar-refractivity contribution is -0.139. The predicted octanol–water partition coefficient (Wildman–Crippen LogP) is 7.25. The summed E-state index contributed by atoms with van der Waals surface area (Å²) in [6.45, 7) is 1.71. The molecule has 8 heteroatoms. The Kier molecular flexibility index (Phi) is 6.88. The largest absolute Gasteiger partial charge is 0.493 e. The molecule has 0 spiro atoms. The molecule has 1 N–H and O–H groups in total. The highest BCUT2D eigenvalue weighted by atomic mass is 35.5. The van der Waals surface area contributed by atoms with E-state index in [0.717, 1.165) is 25.3 Å². The molecule has 1 fully saturated rings. The molecule has 0 saturated heterocycles. The van der Waals surface area contributed by atoms with Gasteiger partial charge in [0.15, 0.2) is 0 Å². The molecule has 30 heavy (non-hydrogen) atoms. The highest BCUT2D eigenvalue weighted by Gasteiger charge is 2.43. The van der Waals surface area contributed by atoms with Gasteiger partial charge in [-0.2, -0.15) is 13.2 Å². The van der Waals surface area contributed by atoms with E-state index in [1.807, 2.05) is 0 Å². The van der Waals surface area contributed by atoms with E-state index in [-0.39, 0.29) is 24.0 Å². The molecule has 2 aromatic rings. The normalized spacial score (nSPS) is 16.2. The summed E-state index contributed by atoms with van der Waals surface area (Å²) in [5.74, 6) is -0.639. The van der Waals surface area contributed by atoms with Crippen LogP contribution in [-0.2, 0) is 16.4 Å². The maximum atomic E-state index is 13.5. The van der Waals surface area contributed by atoms with Crippen LogP contribution in [0.3, 0.4) is 0 Å². The van der Waals surface area contributed by atoms with E-state index in [9.17, 15) is 18.0 Å². The fourth-order valence-corrected chi connectivity index (χ4v) is 4.60. The number of nitrogens with one attached hydrogen (secondary N) is 1. The fraction of sp³-hybridized carbons (Fsp3) is 0.409. The maximum Gasteiger partial charge on any atom is 0.420 e. The second kappa shape index (κ2) is 9.06. The molecule has 0 aliphatic heterocycles. The molecule has 0 bridgehead atoms. The summed E-state index contributed by atoms with van der Waals surface area (Å²) in [6.07, 6.45) is -0.853. The van der Waals surface area contributed by atoms with Gasteiger partial charge in [0.05, 0.1) is 17.6 Å². The van der Waals surface area contributed by atoms with Crippen molar-refractivity contribution in [2.24, 2.45) is 0 Å². The van der Waals surface area contributed by atoms with Gasteiger partial charge < -0.3 is 10.1 Å². The molecule has 0 aromatic heterocycles. The second-order valence-corrected chi connectivity index (χ2v) is 8.21. The number of halogens is 5. The van der Waals surface area contributed by atoms with Gasteiger partial charge in [-0.05, 0) is 55.7 Å². The smallest absolute Gasteiger partial charge is 0.420 e. The first-order valence-electron chi connectivity index (χ1n) is 9.78. The van der Waals surface area contributed by atoms with Crippen molar-refractivity contribution in [3.63, 3.8) is 0 Å². The van der Waals surface area contributed by atoms with Gasteiger partial charge in [0.1, 0.15) is 5.75 Å². The van der Waals surface area contributed by atoms with Crippen molar-refractivity contribution in [1.82, 2.24) is 0 Å². The number of anilines is 1. The lowest BCUT2D eigenvalue weighted by Crippen LogP contribution is -2.42. The highest BCUT2D eigenvalue weighted by Crippen LogP contribution is 2.44. The third-order valence-corrected chi connectivity index (χ3v) is 5.98. The van der Waals surface area contributed by atoms with Crippen molar-refractivity contribution in [3.8, 4) is 5.75 Å². The van der Waals surface area contributed by atoms with Crippen molar-refractivity contribution in [1.29, 1.82) is 0 Å². The lowest BCUT2D eigenvalue weighted by atomic mass is 9.68. The molecule has 1 aliphatic carbocycles. The van der Waals surface area contributed by atoms with Gasteiger partial charge in [-0.15, -0.1) is 0 Å². The van der Waals surface area contributed by atoms with Crippen LogP contribution in [0.25, 0.3) is 0 Å². The number of carbonyl (C=O) groups is 1. The number of rotatable bonds is 5. The summed E-state index contributed by atoms with van der Waals surface area (Å²) in [4.78, 5) is 13.4. The zero-order chi connectivity index (χ0) is 21.9. The molecule has 0 heterocycles. The van der Waals surface area contributed by atoms with E-state index in [2.05, 4.69) is 5.32 Å². The molecule has 2 aromatic carbocycles. The molecule has 162 valence electrons. The van der Waals surface area contributed by atoms with Gasteiger partial charge in [-0.3, -0.25) is 4.79 Å². The first-order chi connectivity index (χ1) is 14.2. The van der Waals surface area contributed by atoms with Crippen LogP contribution in [0, 0.1) is 0 Å². The Bertz CT molecular complexity index is 925. The Labute approximate surface area is 183 Å². The minimum Gasteiger partial charge on any atom is -0.493 e. The Hall–Kier alpha value is -1.92. The van der Waals surface area contributed by atoms with Crippen LogP contribution in [0.5, 0.6) is 5.75 Å². The number of hydrogen-bond acceptors (Lipinski definition) is 2. The minimum absolute atomic E-state index is 0.0609. The Morgan fingerprint density at radius 3 is 2.40 bits per heavy atom. The summed E-state index contributed by atoms with van der Waals surface area (Å²) in [5, 5.41) is 3.52. The number of ether oxygens (including phenoxy) is 1.